The molecule has 1 fully saturated rings. The van der Waals surface area contributed by atoms with E-state index in [4.69, 9.17) is 16.0 Å². The van der Waals surface area contributed by atoms with Crippen molar-refractivity contribution < 1.29 is 9.21 Å². The molecule has 3 aromatic rings. The SMILES string of the molecule is O=C(c1ccc(Cl)cc1)N1CCCC(c2nnc(-c3ccsc3)o2)C1. The molecule has 0 aliphatic carbocycles. The van der Waals surface area contributed by atoms with Crippen LogP contribution in [-0.2, 0) is 0 Å². The Kier molecular flexibility index (Phi) is 4.55. The zero-order valence-electron chi connectivity index (χ0n) is 13.4. The fourth-order valence-corrected chi connectivity index (χ4v) is 3.80. The number of rotatable bonds is 3. The van der Waals surface area contributed by atoms with Crippen LogP contribution in [0.5, 0.6) is 0 Å². The Balaban J connectivity index is 1.49. The Labute approximate surface area is 154 Å². The molecule has 0 bridgehead atoms. The molecule has 4 rings (SSSR count). The first-order chi connectivity index (χ1) is 12.2. The van der Waals surface area contributed by atoms with E-state index in [1.807, 2.05) is 21.7 Å². The van der Waals surface area contributed by atoms with Crippen molar-refractivity contribution in [3.8, 4) is 11.5 Å². The van der Waals surface area contributed by atoms with Crippen LogP contribution in [0.2, 0.25) is 5.02 Å². The van der Waals surface area contributed by atoms with Gasteiger partial charge in [0.05, 0.1) is 5.92 Å². The van der Waals surface area contributed by atoms with E-state index in [2.05, 4.69) is 10.2 Å². The normalized spacial score (nSPS) is 17.6. The Morgan fingerprint density at radius 2 is 2.08 bits per heavy atom. The molecule has 1 unspecified atom stereocenters. The van der Waals surface area contributed by atoms with E-state index in [0.29, 0.717) is 28.9 Å². The van der Waals surface area contributed by atoms with Crippen molar-refractivity contribution in [3.63, 3.8) is 0 Å². The number of likely N-dealkylation sites (tertiary alicyclic amines) is 1. The van der Waals surface area contributed by atoms with Crippen LogP contribution in [0.1, 0.15) is 35.0 Å². The van der Waals surface area contributed by atoms with Crippen molar-refractivity contribution in [2.45, 2.75) is 18.8 Å². The summed E-state index contributed by atoms with van der Waals surface area (Å²) in [5.41, 5.74) is 1.59. The molecule has 7 heteroatoms. The third-order valence-electron chi connectivity index (χ3n) is 4.36. The van der Waals surface area contributed by atoms with Crippen LogP contribution >= 0.6 is 22.9 Å². The third-order valence-corrected chi connectivity index (χ3v) is 5.29. The Morgan fingerprint density at radius 1 is 1.24 bits per heavy atom. The number of amides is 1. The predicted molar refractivity (Wildman–Crippen MR) is 96.9 cm³/mol. The van der Waals surface area contributed by atoms with E-state index in [1.54, 1.807) is 35.6 Å². The number of benzene rings is 1. The van der Waals surface area contributed by atoms with Crippen molar-refractivity contribution in [2.75, 3.05) is 13.1 Å². The molecule has 5 nitrogen and oxygen atoms in total. The van der Waals surface area contributed by atoms with Gasteiger partial charge in [0.25, 0.3) is 5.91 Å². The molecule has 1 aliphatic rings. The maximum atomic E-state index is 12.7. The minimum atomic E-state index is 0.0129. The molecule has 1 aliphatic heterocycles. The lowest BCUT2D eigenvalue weighted by Gasteiger charge is -2.31. The van der Waals surface area contributed by atoms with Crippen LogP contribution in [0.3, 0.4) is 0 Å². The number of nitrogens with zero attached hydrogens (tertiary/aromatic N) is 3. The number of piperidine rings is 1. The molecule has 25 heavy (non-hydrogen) atoms. The number of aromatic nitrogens is 2. The van der Waals surface area contributed by atoms with Crippen molar-refractivity contribution in [1.82, 2.24) is 15.1 Å². The average molecular weight is 374 g/mol. The summed E-state index contributed by atoms with van der Waals surface area (Å²) in [6.45, 7) is 1.33. The fourth-order valence-electron chi connectivity index (χ4n) is 3.04. The van der Waals surface area contributed by atoms with E-state index in [1.165, 1.54) is 0 Å². The third kappa shape index (κ3) is 3.45. The van der Waals surface area contributed by atoms with Crippen LogP contribution in [0.15, 0.2) is 45.5 Å². The second-order valence-electron chi connectivity index (χ2n) is 6.05. The number of hydrogen-bond acceptors (Lipinski definition) is 5. The van der Waals surface area contributed by atoms with Gasteiger partial charge in [-0.05, 0) is 48.6 Å². The minimum absolute atomic E-state index is 0.0129. The van der Waals surface area contributed by atoms with Crippen LogP contribution < -0.4 is 0 Å². The van der Waals surface area contributed by atoms with Gasteiger partial charge in [0.1, 0.15) is 0 Å². The van der Waals surface area contributed by atoms with E-state index in [9.17, 15) is 4.79 Å². The highest BCUT2D eigenvalue weighted by Crippen LogP contribution is 2.29. The van der Waals surface area contributed by atoms with E-state index in [-0.39, 0.29) is 11.8 Å². The lowest BCUT2D eigenvalue weighted by molar-refractivity contribution is 0.0698. The molecule has 0 saturated carbocycles. The second kappa shape index (κ2) is 6.98. The van der Waals surface area contributed by atoms with Gasteiger partial charge >= 0.3 is 0 Å². The van der Waals surface area contributed by atoms with Crippen molar-refractivity contribution >= 4 is 28.8 Å². The van der Waals surface area contributed by atoms with Crippen molar-refractivity contribution in [1.29, 1.82) is 0 Å². The zero-order valence-corrected chi connectivity index (χ0v) is 15.0. The number of thiophene rings is 1. The average Bonchev–Trinajstić information content (AvgIpc) is 3.33. The first kappa shape index (κ1) is 16.3. The monoisotopic (exact) mass is 373 g/mol. The highest BCUT2D eigenvalue weighted by Gasteiger charge is 2.29. The Bertz CT molecular complexity index is 861. The summed E-state index contributed by atoms with van der Waals surface area (Å²) in [5, 5.41) is 12.9. The van der Waals surface area contributed by atoms with Crippen LogP contribution in [-0.4, -0.2) is 34.1 Å². The smallest absolute Gasteiger partial charge is 0.253 e. The number of hydrogen-bond donors (Lipinski definition) is 0. The molecular weight excluding hydrogens is 358 g/mol. The molecular formula is C18H16ClN3O2S. The maximum Gasteiger partial charge on any atom is 0.253 e. The standard InChI is InChI=1S/C18H16ClN3O2S/c19-15-5-3-12(4-6-15)18(23)22-8-1-2-13(10-22)16-20-21-17(24-16)14-7-9-25-11-14/h3-7,9,11,13H,1-2,8,10H2. The largest absolute Gasteiger partial charge is 0.420 e. The van der Waals surface area contributed by atoms with Gasteiger partial charge in [0, 0.05) is 34.6 Å². The summed E-state index contributed by atoms with van der Waals surface area (Å²) in [7, 11) is 0. The van der Waals surface area contributed by atoms with E-state index >= 15 is 0 Å². The summed E-state index contributed by atoms with van der Waals surface area (Å²) in [5.74, 6) is 1.23. The second-order valence-corrected chi connectivity index (χ2v) is 7.27. The maximum absolute atomic E-state index is 12.7. The molecule has 2 aromatic heterocycles. The van der Waals surface area contributed by atoms with Gasteiger partial charge in [0.2, 0.25) is 11.8 Å². The fraction of sp³-hybridized carbons (Fsp3) is 0.278. The van der Waals surface area contributed by atoms with E-state index in [0.717, 1.165) is 24.9 Å². The first-order valence-corrected chi connectivity index (χ1v) is 9.43. The van der Waals surface area contributed by atoms with Gasteiger partial charge in [-0.2, -0.15) is 11.3 Å². The van der Waals surface area contributed by atoms with Crippen molar-refractivity contribution in [3.05, 3.63) is 57.6 Å². The molecule has 3 heterocycles. The lowest BCUT2D eigenvalue weighted by Crippen LogP contribution is -2.39. The highest BCUT2D eigenvalue weighted by atomic mass is 35.5. The summed E-state index contributed by atoms with van der Waals surface area (Å²) < 4.78 is 5.85. The van der Waals surface area contributed by atoms with Crippen LogP contribution in [0, 0.1) is 0 Å². The summed E-state index contributed by atoms with van der Waals surface area (Å²) in [6.07, 6.45) is 1.86. The molecule has 1 aromatic carbocycles. The van der Waals surface area contributed by atoms with Gasteiger partial charge < -0.3 is 9.32 Å². The number of carbonyl (C=O) groups is 1. The number of halogens is 1. The van der Waals surface area contributed by atoms with Gasteiger partial charge in [-0.1, -0.05) is 11.6 Å². The molecule has 1 saturated heterocycles. The highest BCUT2D eigenvalue weighted by molar-refractivity contribution is 7.08. The Hall–Kier alpha value is -2.18. The molecule has 0 radical (unpaired) electrons. The van der Waals surface area contributed by atoms with Crippen LogP contribution in [0.4, 0.5) is 0 Å². The van der Waals surface area contributed by atoms with Gasteiger partial charge in [0.15, 0.2) is 0 Å². The van der Waals surface area contributed by atoms with Gasteiger partial charge in [-0.15, -0.1) is 10.2 Å². The van der Waals surface area contributed by atoms with Gasteiger partial charge in [-0.3, -0.25) is 4.79 Å². The molecule has 1 amide bonds. The quantitative estimate of drug-likeness (QED) is 0.679. The van der Waals surface area contributed by atoms with Gasteiger partial charge in [-0.25, -0.2) is 0 Å². The first-order valence-electron chi connectivity index (χ1n) is 8.11. The molecule has 0 N–H and O–H groups in total. The topological polar surface area (TPSA) is 59.2 Å². The zero-order chi connectivity index (χ0) is 17.2. The van der Waals surface area contributed by atoms with Crippen molar-refractivity contribution in [2.24, 2.45) is 0 Å². The predicted octanol–water partition coefficient (Wildman–Crippen LogP) is 4.47. The molecule has 1 atom stereocenters. The summed E-state index contributed by atoms with van der Waals surface area (Å²) in [6, 6.07) is 8.95. The lowest BCUT2D eigenvalue weighted by atomic mass is 9.97. The minimum Gasteiger partial charge on any atom is -0.420 e. The molecule has 0 spiro atoms. The summed E-state index contributed by atoms with van der Waals surface area (Å²) in [4.78, 5) is 14.6. The molecule has 128 valence electrons. The summed E-state index contributed by atoms with van der Waals surface area (Å²) >= 11 is 7.49. The van der Waals surface area contributed by atoms with Crippen LogP contribution in [0.25, 0.3) is 11.5 Å². The number of carbonyl (C=O) groups excluding carboxylic acids is 1. The Morgan fingerprint density at radius 3 is 2.84 bits per heavy atom. The van der Waals surface area contributed by atoms with E-state index < -0.39 is 0 Å².